The molecule has 15 nitrogen and oxygen atoms in total. The number of hydrogen-bond acceptors (Lipinski definition) is 7. The number of phosphoric acid groups is 1. The van der Waals surface area contributed by atoms with Crippen LogP contribution in [0.2, 0.25) is 0 Å². The molecule has 0 aliphatic rings. The van der Waals surface area contributed by atoms with Crippen molar-refractivity contribution in [1.82, 2.24) is 15.1 Å². The molecular weight excluding hydrogens is 402 g/mol. The molecule has 17 heteroatoms. The molecule has 0 saturated heterocycles. The molecule has 1 aromatic heterocycles. The van der Waals surface area contributed by atoms with E-state index in [1.54, 1.807) is 5.09 Å². The first kappa shape index (κ1) is 24.3. The molecule has 0 bridgehead atoms. The van der Waals surface area contributed by atoms with Crippen molar-refractivity contribution in [2.75, 3.05) is 6.61 Å². The van der Waals surface area contributed by atoms with Crippen molar-refractivity contribution < 1.29 is 53.0 Å². The molecule has 0 unspecified atom stereocenters. The minimum Gasteiger partial charge on any atom is -0.480 e. The number of imidazole rings is 1. The zero-order valence-corrected chi connectivity index (χ0v) is 14.7. The van der Waals surface area contributed by atoms with Crippen LogP contribution in [-0.4, -0.2) is 70.4 Å². The zero-order chi connectivity index (χ0) is 20.5. The van der Waals surface area contributed by atoms with Crippen molar-refractivity contribution >= 4 is 27.5 Å². The van der Waals surface area contributed by atoms with Crippen LogP contribution in [0.15, 0.2) is 12.5 Å². The van der Waals surface area contributed by atoms with Crippen LogP contribution in [0.3, 0.4) is 0 Å². The largest absolute Gasteiger partial charge is 0.480 e. The number of aliphatic carboxylic acids is 2. The van der Waals surface area contributed by atoms with E-state index < -0.39 is 46.2 Å². The smallest absolute Gasteiger partial charge is 0.469 e. The molecule has 0 fully saturated rings. The Morgan fingerprint density at radius 2 is 1.81 bits per heavy atom. The first-order valence-corrected chi connectivity index (χ1v) is 9.58. The summed E-state index contributed by atoms with van der Waals surface area (Å²) in [7, 11) is -9.17. The van der Waals surface area contributed by atoms with Crippen LogP contribution in [0.1, 0.15) is 5.69 Å². The van der Waals surface area contributed by atoms with E-state index in [-0.39, 0.29) is 6.42 Å². The van der Waals surface area contributed by atoms with E-state index in [2.05, 4.69) is 14.5 Å². The highest BCUT2D eigenvalue weighted by atomic mass is 31.2. The fraction of sp³-hybridized carbons (Fsp3) is 0.444. The number of hydrogen-bond donors (Lipinski definition) is 9. The molecule has 1 heterocycles. The van der Waals surface area contributed by atoms with Gasteiger partial charge in [-0.25, -0.2) is 19.2 Å². The van der Waals surface area contributed by atoms with Gasteiger partial charge >= 0.3 is 27.5 Å². The third-order valence-electron chi connectivity index (χ3n) is 2.33. The summed E-state index contributed by atoms with van der Waals surface area (Å²) in [5.74, 6) is -2.72. The normalized spacial score (nSPS) is 14.0. The van der Waals surface area contributed by atoms with Gasteiger partial charge in [-0.3, -0.25) is 14.1 Å². The quantitative estimate of drug-likeness (QED) is 0.188. The van der Waals surface area contributed by atoms with Crippen molar-refractivity contribution in [3.05, 3.63) is 18.2 Å². The van der Waals surface area contributed by atoms with Gasteiger partial charge in [0.05, 0.1) is 18.6 Å². The second-order valence-electron chi connectivity index (χ2n) is 4.56. The fourth-order valence-electron chi connectivity index (χ4n) is 1.25. The van der Waals surface area contributed by atoms with Gasteiger partial charge in [0.25, 0.3) is 0 Å². The summed E-state index contributed by atoms with van der Waals surface area (Å²) in [5.41, 5.74) is 5.26. The average Bonchev–Trinajstić information content (AvgIpc) is 2.95. The van der Waals surface area contributed by atoms with Crippen LogP contribution in [0, 0.1) is 0 Å². The summed E-state index contributed by atoms with van der Waals surface area (Å²) in [6.07, 6.45) is 2.70. The number of nitrogens with zero attached hydrogens (tertiary/aromatic N) is 1. The average molecular weight is 420 g/mol. The van der Waals surface area contributed by atoms with Gasteiger partial charge < -0.3 is 40.5 Å². The van der Waals surface area contributed by atoms with Gasteiger partial charge in [-0.1, -0.05) is 0 Å². The molecule has 1 rings (SSSR count). The maximum Gasteiger partial charge on any atom is 0.469 e. The van der Waals surface area contributed by atoms with Crippen LogP contribution in [-0.2, 0) is 29.7 Å². The molecule has 0 amide bonds. The van der Waals surface area contributed by atoms with Crippen molar-refractivity contribution in [2.45, 2.75) is 18.5 Å². The standard InChI is InChI=1S/C6H10N3O5P.C3H8NO6P/c10-6(11)5(9-15(12,13)14)1-4-2-7-3-8-4;4-2(3(5)6)1-10-11(7,8)9/h2-3,5H,1H2,(H,7,8)(H,10,11)(H3,9,12,13,14);2H,1,4H2,(H,5,6)(H2,7,8,9)/t5-;2-/m00/s1. The second-order valence-corrected chi connectivity index (χ2v) is 7.15. The topological polar surface area (TPSA) is 266 Å². The van der Waals surface area contributed by atoms with E-state index in [1.165, 1.54) is 12.5 Å². The van der Waals surface area contributed by atoms with Gasteiger partial charge in [-0.2, -0.15) is 0 Å². The van der Waals surface area contributed by atoms with Crippen LogP contribution < -0.4 is 10.8 Å². The van der Waals surface area contributed by atoms with E-state index in [9.17, 15) is 18.7 Å². The van der Waals surface area contributed by atoms with Gasteiger partial charge in [0.15, 0.2) is 0 Å². The van der Waals surface area contributed by atoms with Gasteiger partial charge in [0.2, 0.25) is 0 Å². The molecule has 0 aliphatic carbocycles. The number of carbonyl (C=O) groups is 2. The predicted octanol–water partition coefficient (Wildman–Crippen LogP) is -2.40. The summed E-state index contributed by atoms with van der Waals surface area (Å²) < 4.78 is 24.4. The minimum atomic E-state index is -4.60. The first-order valence-electron chi connectivity index (χ1n) is 6.43. The summed E-state index contributed by atoms with van der Waals surface area (Å²) in [6.45, 7) is -0.709. The van der Waals surface area contributed by atoms with E-state index in [0.717, 1.165) is 0 Å². The van der Waals surface area contributed by atoms with Crippen LogP contribution >= 0.6 is 15.6 Å². The summed E-state index contributed by atoms with van der Waals surface area (Å²) in [5, 5.41) is 18.5. The highest BCUT2D eigenvalue weighted by Gasteiger charge is 2.26. The first-order chi connectivity index (χ1) is 11.7. The number of phosphoric ester groups is 1. The van der Waals surface area contributed by atoms with Crippen LogP contribution in [0.4, 0.5) is 0 Å². The zero-order valence-electron chi connectivity index (χ0n) is 12.9. The molecule has 0 aliphatic heterocycles. The number of carboxylic acid groups (broad SMARTS) is 2. The highest BCUT2D eigenvalue weighted by Crippen LogP contribution is 2.35. The number of aromatic nitrogens is 2. The Balaban J connectivity index is 0.000000508. The summed E-state index contributed by atoms with van der Waals surface area (Å²) in [6, 6.07) is -2.78. The monoisotopic (exact) mass is 420 g/mol. The fourth-order valence-corrected chi connectivity index (χ4v) is 2.21. The second kappa shape index (κ2) is 10.5. The van der Waals surface area contributed by atoms with E-state index in [4.69, 9.17) is 35.5 Å². The Bertz CT molecular complexity index is 669. The molecule has 150 valence electrons. The highest BCUT2D eigenvalue weighted by molar-refractivity contribution is 7.49. The van der Waals surface area contributed by atoms with Gasteiger partial charge in [-0.15, -0.1) is 0 Å². The maximum absolute atomic E-state index is 10.7. The molecule has 2 atom stereocenters. The number of carboxylic acids is 2. The lowest BCUT2D eigenvalue weighted by Gasteiger charge is -2.13. The van der Waals surface area contributed by atoms with Crippen molar-refractivity contribution in [3.8, 4) is 0 Å². The molecule has 0 aromatic carbocycles. The molecule has 0 radical (unpaired) electrons. The molecular formula is C9H18N4O11P2. The number of rotatable bonds is 9. The Labute approximate surface area is 145 Å². The van der Waals surface area contributed by atoms with Crippen molar-refractivity contribution in [2.24, 2.45) is 5.73 Å². The molecule has 0 saturated carbocycles. The Hall–Kier alpha value is -1.67. The Morgan fingerprint density at radius 3 is 2.15 bits per heavy atom. The van der Waals surface area contributed by atoms with Gasteiger partial charge in [0, 0.05) is 12.6 Å². The van der Waals surface area contributed by atoms with Crippen molar-refractivity contribution in [1.29, 1.82) is 0 Å². The lowest BCUT2D eigenvalue weighted by molar-refractivity contribution is -0.140. The summed E-state index contributed by atoms with van der Waals surface area (Å²) >= 11 is 0. The lowest BCUT2D eigenvalue weighted by Crippen LogP contribution is -2.36. The van der Waals surface area contributed by atoms with Crippen molar-refractivity contribution in [3.63, 3.8) is 0 Å². The Morgan fingerprint density at radius 1 is 1.23 bits per heavy atom. The van der Waals surface area contributed by atoms with E-state index in [0.29, 0.717) is 5.69 Å². The van der Waals surface area contributed by atoms with Gasteiger partial charge in [0.1, 0.15) is 12.1 Å². The molecule has 1 aromatic rings. The van der Waals surface area contributed by atoms with E-state index >= 15 is 0 Å². The van der Waals surface area contributed by atoms with E-state index in [1.807, 2.05) is 0 Å². The summed E-state index contributed by atoms with van der Waals surface area (Å²) in [4.78, 5) is 60.3. The third-order valence-corrected chi connectivity index (χ3v) is 3.46. The number of aromatic amines is 1. The predicted molar refractivity (Wildman–Crippen MR) is 82.5 cm³/mol. The number of nitrogens with two attached hydrogens (primary N) is 1. The lowest BCUT2D eigenvalue weighted by atomic mass is 10.2. The minimum absolute atomic E-state index is 0.107. The van der Waals surface area contributed by atoms with Gasteiger partial charge in [-0.05, 0) is 0 Å². The van der Waals surface area contributed by atoms with Crippen LogP contribution in [0.25, 0.3) is 0 Å². The SMILES string of the molecule is N[C@@H](COP(=O)(O)O)C(=O)O.O=C(O)[C@H](Cc1c[nH]cn1)NP(=O)(O)O. The molecule has 26 heavy (non-hydrogen) atoms. The Kier molecular flexibility index (Phi) is 9.80. The molecule has 0 spiro atoms. The van der Waals surface area contributed by atoms with Crippen LogP contribution in [0.5, 0.6) is 0 Å². The number of H-pyrrole nitrogens is 1. The number of nitrogens with one attached hydrogen (secondary N) is 2. The molecule has 10 N–H and O–H groups in total. The third kappa shape index (κ3) is 12.7. The maximum atomic E-state index is 10.7.